The molecule has 0 bridgehead atoms. The molecule has 0 heterocycles. The Bertz CT molecular complexity index is 805. The van der Waals surface area contributed by atoms with Crippen LogP contribution >= 0.6 is 11.6 Å². The van der Waals surface area contributed by atoms with E-state index in [1.54, 1.807) is 26.2 Å². The Morgan fingerprint density at radius 3 is 2.42 bits per heavy atom. The Hall–Kier alpha value is -2.59. The molecule has 5 heteroatoms. The summed E-state index contributed by atoms with van der Waals surface area (Å²) in [6, 6.07) is 13.2. The molecule has 4 nitrogen and oxygen atoms in total. The van der Waals surface area contributed by atoms with Crippen molar-refractivity contribution in [2.75, 3.05) is 12.8 Å². The van der Waals surface area contributed by atoms with Gasteiger partial charge in [0.15, 0.2) is 0 Å². The van der Waals surface area contributed by atoms with Gasteiger partial charge in [-0.2, -0.15) is 0 Å². The molecule has 0 aliphatic carbocycles. The van der Waals surface area contributed by atoms with Gasteiger partial charge in [0.05, 0.1) is 0 Å². The monoisotopic (exact) mass is 340 g/mol. The fraction of sp³-hybridized carbons (Fsp3) is 0.158. The molecular formula is C19H21ClN4. The van der Waals surface area contributed by atoms with Gasteiger partial charge in [-0.05, 0) is 42.3 Å². The SMILES string of the molecule is CN=C(Cc1ccc(Cl)cc1)C(=CN)c1ccc(N)c(C(C)=N)c1. The van der Waals surface area contributed by atoms with Crippen LogP contribution < -0.4 is 11.5 Å². The predicted octanol–water partition coefficient (Wildman–Crippen LogP) is 3.92. The van der Waals surface area contributed by atoms with Gasteiger partial charge in [0.25, 0.3) is 0 Å². The molecular weight excluding hydrogens is 320 g/mol. The molecule has 2 rings (SSSR count). The van der Waals surface area contributed by atoms with Crippen molar-refractivity contribution in [3.05, 3.63) is 70.4 Å². The third-order valence-corrected chi connectivity index (χ3v) is 4.05. The number of aliphatic imine (C=N–C) groups is 1. The summed E-state index contributed by atoms with van der Waals surface area (Å²) in [5, 5.41) is 8.55. The minimum Gasteiger partial charge on any atom is -0.404 e. The normalized spacial score (nSPS) is 12.3. The van der Waals surface area contributed by atoms with E-state index in [9.17, 15) is 0 Å². The van der Waals surface area contributed by atoms with Crippen molar-refractivity contribution in [1.29, 1.82) is 5.41 Å². The van der Waals surface area contributed by atoms with Crippen LogP contribution in [0.1, 0.15) is 23.6 Å². The first-order chi connectivity index (χ1) is 11.5. The van der Waals surface area contributed by atoms with Gasteiger partial charge >= 0.3 is 0 Å². The van der Waals surface area contributed by atoms with Crippen LogP contribution in [0.15, 0.2) is 53.7 Å². The fourth-order valence-electron chi connectivity index (χ4n) is 2.50. The number of benzene rings is 2. The topological polar surface area (TPSA) is 88.2 Å². The van der Waals surface area contributed by atoms with E-state index < -0.39 is 0 Å². The Labute approximate surface area is 147 Å². The molecule has 0 radical (unpaired) electrons. The number of rotatable bonds is 5. The van der Waals surface area contributed by atoms with Crippen LogP contribution in [0.4, 0.5) is 5.69 Å². The van der Waals surface area contributed by atoms with Crippen LogP contribution in [0, 0.1) is 5.41 Å². The summed E-state index contributed by atoms with van der Waals surface area (Å²) in [6.07, 6.45) is 2.19. The number of nitrogens with two attached hydrogens (primary N) is 2. The molecule has 0 spiro atoms. The quantitative estimate of drug-likeness (QED) is 0.569. The molecule has 0 amide bonds. The van der Waals surface area contributed by atoms with Gasteiger partial charge in [-0.15, -0.1) is 0 Å². The molecule has 0 saturated carbocycles. The van der Waals surface area contributed by atoms with Gasteiger partial charge in [-0.3, -0.25) is 4.99 Å². The first-order valence-corrected chi connectivity index (χ1v) is 7.91. The van der Waals surface area contributed by atoms with Gasteiger partial charge in [-0.25, -0.2) is 0 Å². The van der Waals surface area contributed by atoms with Gasteiger partial charge < -0.3 is 16.9 Å². The molecule has 0 saturated heterocycles. The summed E-state index contributed by atoms with van der Waals surface area (Å²) >= 11 is 5.94. The maximum absolute atomic E-state index is 7.85. The Balaban J connectivity index is 2.37. The lowest BCUT2D eigenvalue weighted by Crippen LogP contribution is -2.10. The van der Waals surface area contributed by atoms with Gasteiger partial charge in [0, 0.05) is 52.9 Å². The summed E-state index contributed by atoms with van der Waals surface area (Å²) < 4.78 is 0. The smallest absolute Gasteiger partial charge is 0.0481 e. The second-order valence-corrected chi connectivity index (χ2v) is 5.92. The molecule has 0 fully saturated rings. The van der Waals surface area contributed by atoms with E-state index in [1.807, 2.05) is 36.4 Å². The molecule has 0 aliphatic heterocycles. The third kappa shape index (κ3) is 4.03. The molecule has 2 aromatic carbocycles. The van der Waals surface area contributed by atoms with Crippen molar-refractivity contribution in [1.82, 2.24) is 0 Å². The van der Waals surface area contributed by atoms with E-state index >= 15 is 0 Å². The average Bonchev–Trinajstić information content (AvgIpc) is 2.57. The summed E-state index contributed by atoms with van der Waals surface area (Å²) in [5.74, 6) is 0. The molecule has 0 aliphatic rings. The van der Waals surface area contributed by atoms with E-state index in [-0.39, 0.29) is 0 Å². The number of halogens is 1. The molecule has 0 aromatic heterocycles. The van der Waals surface area contributed by atoms with Crippen LogP contribution in [0.25, 0.3) is 5.57 Å². The maximum Gasteiger partial charge on any atom is 0.0481 e. The van der Waals surface area contributed by atoms with Gasteiger partial charge in [0.2, 0.25) is 0 Å². The fourth-order valence-corrected chi connectivity index (χ4v) is 2.62. The first-order valence-electron chi connectivity index (χ1n) is 7.54. The molecule has 0 atom stereocenters. The number of allylic oxidation sites excluding steroid dienone is 1. The summed E-state index contributed by atoms with van der Waals surface area (Å²) in [5.41, 5.74) is 17.2. The summed E-state index contributed by atoms with van der Waals surface area (Å²) in [6.45, 7) is 1.71. The zero-order valence-electron chi connectivity index (χ0n) is 13.8. The highest BCUT2D eigenvalue weighted by molar-refractivity contribution is 6.30. The number of nitrogens with one attached hydrogen (secondary N) is 1. The zero-order chi connectivity index (χ0) is 17.7. The molecule has 5 N–H and O–H groups in total. The van der Waals surface area contributed by atoms with Crippen LogP contribution in [-0.2, 0) is 6.42 Å². The van der Waals surface area contributed by atoms with Crippen LogP contribution in [0.5, 0.6) is 0 Å². The van der Waals surface area contributed by atoms with Gasteiger partial charge in [-0.1, -0.05) is 29.8 Å². The van der Waals surface area contributed by atoms with E-state index in [4.69, 9.17) is 28.5 Å². The number of nitrogen functional groups attached to an aromatic ring is 1. The van der Waals surface area contributed by atoms with Gasteiger partial charge in [0.1, 0.15) is 0 Å². The predicted molar refractivity (Wildman–Crippen MR) is 104 cm³/mol. The number of hydrogen-bond donors (Lipinski definition) is 3. The minimum atomic E-state index is 0.415. The van der Waals surface area contributed by atoms with Crippen molar-refractivity contribution in [2.24, 2.45) is 10.7 Å². The van der Waals surface area contributed by atoms with Crippen LogP contribution in [0.2, 0.25) is 5.02 Å². The average molecular weight is 341 g/mol. The zero-order valence-corrected chi connectivity index (χ0v) is 14.6. The lowest BCUT2D eigenvalue weighted by molar-refractivity contribution is 1.29. The van der Waals surface area contributed by atoms with E-state index in [2.05, 4.69) is 4.99 Å². The van der Waals surface area contributed by atoms with Crippen LogP contribution in [0.3, 0.4) is 0 Å². The highest BCUT2D eigenvalue weighted by Gasteiger charge is 2.12. The molecule has 24 heavy (non-hydrogen) atoms. The number of anilines is 1. The minimum absolute atomic E-state index is 0.415. The summed E-state index contributed by atoms with van der Waals surface area (Å²) in [7, 11) is 1.74. The Kier molecular flexibility index (Phi) is 5.77. The Morgan fingerprint density at radius 2 is 1.88 bits per heavy atom. The second kappa shape index (κ2) is 7.79. The number of nitrogens with zero attached hydrogens (tertiary/aromatic N) is 1. The Morgan fingerprint density at radius 1 is 1.21 bits per heavy atom. The van der Waals surface area contributed by atoms with Crippen molar-refractivity contribution in [3.8, 4) is 0 Å². The molecule has 2 aromatic rings. The van der Waals surface area contributed by atoms with E-state index in [0.717, 1.165) is 22.4 Å². The number of hydrogen-bond acceptors (Lipinski definition) is 4. The van der Waals surface area contributed by atoms with E-state index in [1.165, 1.54) is 0 Å². The highest BCUT2D eigenvalue weighted by atomic mass is 35.5. The largest absolute Gasteiger partial charge is 0.404 e. The van der Waals surface area contributed by atoms with Crippen LogP contribution in [-0.4, -0.2) is 18.5 Å². The first kappa shape index (κ1) is 17.8. The van der Waals surface area contributed by atoms with E-state index in [0.29, 0.717) is 28.4 Å². The van der Waals surface area contributed by atoms with Crippen molar-refractivity contribution < 1.29 is 0 Å². The van der Waals surface area contributed by atoms with Crippen molar-refractivity contribution >= 4 is 34.3 Å². The summed E-state index contributed by atoms with van der Waals surface area (Å²) in [4.78, 5) is 4.40. The molecule has 124 valence electrons. The van der Waals surface area contributed by atoms with Crippen molar-refractivity contribution in [3.63, 3.8) is 0 Å². The molecule has 0 unspecified atom stereocenters. The lowest BCUT2D eigenvalue weighted by atomic mass is 9.94. The maximum atomic E-state index is 7.85. The third-order valence-electron chi connectivity index (χ3n) is 3.80. The van der Waals surface area contributed by atoms with Crippen molar-refractivity contribution in [2.45, 2.75) is 13.3 Å². The standard InChI is InChI=1S/C19H21ClN4/c1-12(22)16-10-14(5-8-18(16)23)17(11-21)19(24-2)9-13-3-6-15(20)7-4-13/h3-8,10-11,22H,9,21,23H2,1-2H3. The second-order valence-electron chi connectivity index (χ2n) is 5.48. The lowest BCUT2D eigenvalue weighted by Gasteiger charge is -2.13. The highest BCUT2D eigenvalue weighted by Crippen LogP contribution is 2.23.